The Morgan fingerprint density at radius 3 is 2.75 bits per heavy atom. The van der Waals surface area contributed by atoms with Gasteiger partial charge in [0.15, 0.2) is 0 Å². The second kappa shape index (κ2) is 6.03. The van der Waals surface area contributed by atoms with Gasteiger partial charge in [-0.05, 0) is 40.2 Å². The number of aromatic nitrogens is 1. The van der Waals surface area contributed by atoms with Crippen molar-refractivity contribution in [2.24, 2.45) is 0 Å². The topological polar surface area (TPSA) is 91.8 Å². The molecule has 0 saturated heterocycles. The van der Waals surface area contributed by atoms with E-state index in [1.807, 2.05) is 6.07 Å². The van der Waals surface area contributed by atoms with E-state index in [0.29, 0.717) is 15.7 Å². The number of pyridine rings is 1. The van der Waals surface area contributed by atoms with Gasteiger partial charge >= 0.3 is 0 Å². The van der Waals surface area contributed by atoms with Crippen LogP contribution in [0.3, 0.4) is 0 Å². The van der Waals surface area contributed by atoms with Gasteiger partial charge in [-0.1, -0.05) is 15.9 Å². The van der Waals surface area contributed by atoms with Gasteiger partial charge in [-0.25, -0.2) is 4.98 Å². The first-order valence-corrected chi connectivity index (χ1v) is 7.02. The van der Waals surface area contributed by atoms with E-state index >= 15 is 0 Å². The number of benzene rings is 1. The van der Waals surface area contributed by atoms with E-state index in [4.69, 9.17) is 11.0 Å². The molecule has 1 amide bonds. The highest BCUT2D eigenvalue weighted by Crippen LogP contribution is 2.22. The number of nitrogens with two attached hydrogens (primary N) is 1. The quantitative estimate of drug-likeness (QED) is 0.815. The predicted molar refractivity (Wildman–Crippen MR) is 83.2 cm³/mol. The van der Waals surface area contributed by atoms with Crippen molar-refractivity contribution in [2.75, 3.05) is 11.1 Å². The van der Waals surface area contributed by atoms with Crippen molar-refractivity contribution >= 4 is 49.3 Å². The lowest BCUT2D eigenvalue weighted by atomic mass is 10.1. The molecule has 0 atom stereocenters. The number of amides is 1. The van der Waals surface area contributed by atoms with Crippen LogP contribution >= 0.6 is 31.9 Å². The highest BCUT2D eigenvalue weighted by molar-refractivity contribution is 9.10. The van der Waals surface area contributed by atoms with E-state index in [1.165, 1.54) is 6.20 Å². The molecule has 0 spiro atoms. The molecule has 0 radical (unpaired) electrons. The Balaban J connectivity index is 2.33. The van der Waals surface area contributed by atoms with Crippen molar-refractivity contribution in [1.82, 2.24) is 4.98 Å². The maximum atomic E-state index is 12.2. The Labute approximate surface area is 132 Å². The summed E-state index contributed by atoms with van der Waals surface area (Å²) < 4.78 is 1.41. The molecule has 1 aromatic heterocycles. The standard InChI is InChI=1S/C13H8Br2N4O/c14-8-1-2-11(7(3-8)5-16)19-13(20)10-4-9(15)6-18-12(10)17/h1-4,6H,(H2,17,18)(H,19,20). The third-order valence-electron chi connectivity index (χ3n) is 2.48. The van der Waals surface area contributed by atoms with Crippen LogP contribution in [0, 0.1) is 11.3 Å². The van der Waals surface area contributed by atoms with Crippen LogP contribution in [0.15, 0.2) is 39.4 Å². The maximum Gasteiger partial charge on any atom is 0.259 e. The number of nitrogen functional groups attached to an aromatic ring is 1. The summed E-state index contributed by atoms with van der Waals surface area (Å²) in [4.78, 5) is 16.1. The molecule has 2 aromatic rings. The SMILES string of the molecule is N#Cc1cc(Br)ccc1NC(=O)c1cc(Br)cnc1N. The monoisotopic (exact) mass is 394 g/mol. The number of nitriles is 1. The van der Waals surface area contributed by atoms with Crippen molar-refractivity contribution in [3.8, 4) is 6.07 Å². The Kier molecular flexibility index (Phi) is 4.37. The molecular weight excluding hydrogens is 388 g/mol. The van der Waals surface area contributed by atoms with E-state index in [0.717, 1.165) is 4.47 Å². The number of nitrogens with zero attached hydrogens (tertiary/aromatic N) is 2. The summed E-state index contributed by atoms with van der Waals surface area (Å²) in [5, 5.41) is 11.7. The number of anilines is 2. The van der Waals surface area contributed by atoms with Crippen molar-refractivity contribution < 1.29 is 4.79 Å². The van der Waals surface area contributed by atoms with Gasteiger partial charge in [0.05, 0.1) is 16.8 Å². The average molecular weight is 396 g/mol. The minimum absolute atomic E-state index is 0.126. The molecular formula is C13H8Br2N4O. The Bertz CT molecular complexity index is 725. The number of nitrogens with one attached hydrogen (secondary N) is 1. The highest BCUT2D eigenvalue weighted by atomic mass is 79.9. The minimum atomic E-state index is -0.421. The number of carbonyl (C=O) groups excluding carboxylic acids is 1. The third kappa shape index (κ3) is 3.15. The normalized spacial score (nSPS) is 9.85. The lowest BCUT2D eigenvalue weighted by molar-refractivity contribution is 0.102. The van der Waals surface area contributed by atoms with Crippen molar-refractivity contribution in [3.63, 3.8) is 0 Å². The summed E-state index contributed by atoms with van der Waals surface area (Å²) in [6.45, 7) is 0. The number of carbonyl (C=O) groups is 1. The molecule has 20 heavy (non-hydrogen) atoms. The number of hydrogen-bond acceptors (Lipinski definition) is 4. The van der Waals surface area contributed by atoms with Crippen LogP contribution in [0.4, 0.5) is 11.5 Å². The Morgan fingerprint density at radius 2 is 2.05 bits per heavy atom. The largest absolute Gasteiger partial charge is 0.383 e. The van der Waals surface area contributed by atoms with Crippen LogP contribution in [0.5, 0.6) is 0 Å². The van der Waals surface area contributed by atoms with Gasteiger partial charge in [-0.2, -0.15) is 5.26 Å². The van der Waals surface area contributed by atoms with Gasteiger partial charge in [-0.3, -0.25) is 4.79 Å². The third-order valence-corrected chi connectivity index (χ3v) is 3.41. The molecule has 3 N–H and O–H groups in total. The van der Waals surface area contributed by atoms with Gasteiger partial charge in [0.2, 0.25) is 0 Å². The summed E-state index contributed by atoms with van der Waals surface area (Å²) in [5.74, 6) is -0.295. The van der Waals surface area contributed by atoms with Crippen LogP contribution in [-0.4, -0.2) is 10.9 Å². The lowest BCUT2D eigenvalue weighted by Gasteiger charge is -2.09. The van der Waals surface area contributed by atoms with Crippen LogP contribution in [-0.2, 0) is 0 Å². The molecule has 0 saturated carbocycles. The van der Waals surface area contributed by atoms with Gasteiger partial charge < -0.3 is 11.1 Å². The molecule has 5 nitrogen and oxygen atoms in total. The molecule has 0 aliphatic rings. The van der Waals surface area contributed by atoms with Crippen LogP contribution < -0.4 is 11.1 Å². The first kappa shape index (κ1) is 14.5. The molecule has 7 heteroatoms. The summed E-state index contributed by atoms with van der Waals surface area (Å²) in [6, 6.07) is 8.59. The van der Waals surface area contributed by atoms with Crippen LogP contribution in [0.1, 0.15) is 15.9 Å². The molecule has 0 unspecified atom stereocenters. The number of hydrogen-bond donors (Lipinski definition) is 2. The van der Waals surface area contributed by atoms with Gasteiger partial charge in [-0.15, -0.1) is 0 Å². The van der Waals surface area contributed by atoms with Gasteiger partial charge in [0.25, 0.3) is 5.91 Å². The zero-order chi connectivity index (χ0) is 14.7. The summed E-state index contributed by atoms with van der Waals surface area (Å²) >= 11 is 6.50. The molecule has 1 heterocycles. The summed E-state index contributed by atoms with van der Waals surface area (Å²) in [5.41, 5.74) is 6.69. The van der Waals surface area contributed by atoms with Crippen molar-refractivity contribution in [3.05, 3.63) is 50.5 Å². The Hall–Kier alpha value is -1.91. The highest BCUT2D eigenvalue weighted by Gasteiger charge is 2.13. The fourth-order valence-corrected chi connectivity index (χ4v) is 2.23. The molecule has 1 aromatic carbocycles. The second-order valence-corrected chi connectivity index (χ2v) is 5.67. The molecule has 100 valence electrons. The minimum Gasteiger partial charge on any atom is -0.383 e. The van der Waals surface area contributed by atoms with Gasteiger partial charge in [0.1, 0.15) is 11.9 Å². The average Bonchev–Trinajstić information content (AvgIpc) is 2.43. The fraction of sp³-hybridized carbons (Fsp3) is 0. The molecule has 2 rings (SSSR count). The van der Waals surface area contributed by atoms with E-state index in [9.17, 15) is 4.79 Å². The Morgan fingerprint density at radius 1 is 1.30 bits per heavy atom. The first-order valence-electron chi connectivity index (χ1n) is 5.43. The predicted octanol–water partition coefficient (Wildman–Crippen LogP) is 3.31. The fourth-order valence-electron chi connectivity index (χ4n) is 1.54. The van der Waals surface area contributed by atoms with E-state index in [1.54, 1.807) is 24.3 Å². The second-order valence-electron chi connectivity index (χ2n) is 3.84. The summed E-state index contributed by atoms with van der Waals surface area (Å²) in [7, 11) is 0. The summed E-state index contributed by atoms with van der Waals surface area (Å²) in [6.07, 6.45) is 1.51. The van der Waals surface area contributed by atoms with E-state index in [2.05, 4.69) is 42.2 Å². The molecule has 0 bridgehead atoms. The first-order chi connectivity index (χ1) is 9.51. The molecule has 0 aliphatic carbocycles. The van der Waals surface area contributed by atoms with Crippen molar-refractivity contribution in [1.29, 1.82) is 5.26 Å². The molecule has 0 fully saturated rings. The molecule has 0 aliphatic heterocycles. The van der Waals surface area contributed by atoms with Crippen molar-refractivity contribution in [2.45, 2.75) is 0 Å². The van der Waals surface area contributed by atoms with E-state index in [-0.39, 0.29) is 11.4 Å². The lowest BCUT2D eigenvalue weighted by Crippen LogP contribution is -2.15. The zero-order valence-electron chi connectivity index (χ0n) is 10.0. The number of halogens is 2. The van der Waals surface area contributed by atoms with Crippen LogP contribution in [0.25, 0.3) is 0 Å². The van der Waals surface area contributed by atoms with Crippen LogP contribution in [0.2, 0.25) is 0 Å². The maximum absolute atomic E-state index is 12.2. The zero-order valence-corrected chi connectivity index (χ0v) is 13.2. The van der Waals surface area contributed by atoms with Gasteiger partial charge in [0, 0.05) is 15.1 Å². The number of rotatable bonds is 2. The van der Waals surface area contributed by atoms with E-state index < -0.39 is 5.91 Å². The smallest absolute Gasteiger partial charge is 0.259 e.